The Bertz CT molecular complexity index is 219. The Morgan fingerprint density at radius 1 is 1.31 bits per heavy atom. The standard InChI is InChI=1S/C8H11NO2.C2H6/c1-6(2)9-7(10)4-3-5-8(9)11;1-2/h3-4,6H,5H2,1-2H3;1-2H3. The van der Waals surface area contributed by atoms with E-state index in [4.69, 9.17) is 0 Å². The van der Waals surface area contributed by atoms with E-state index < -0.39 is 0 Å². The van der Waals surface area contributed by atoms with Gasteiger partial charge in [0.1, 0.15) is 0 Å². The third-order valence-electron chi connectivity index (χ3n) is 1.58. The predicted molar refractivity (Wildman–Crippen MR) is 52.1 cm³/mol. The van der Waals surface area contributed by atoms with E-state index >= 15 is 0 Å². The van der Waals surface area contributed by atoms with Crippen molar-refractivity contribution in [1.29, 1.82) is 0 Å². The largest absolute Gasteiger partial charge is 0.276 e. The number of imide groups is 1. The maximum absolute atomic E-state index is 11.1. The quantitative estimate of drug-likeness (QED) is 0.581. The van der Waals surface area contributed by atoms with Gasteiger partial charge in [0.15, 0.2) is 0 Å². The fourth-order valence-electron chi connectivity index (χ4n) is 1.10. The Labute approximate surface area is 79.4 Å². The fourth-order valence-corrected chi connectivity index (χ4v) is 1.10. The van der Waals surface area contributed by atoms with Gasteiger partial charge in [0, 0.05) is 18.5 Å². The number of amides is 2. The highest BCUT2D eigenvalue weighted by atomic mass is 16.2. The predicted octanol–water partition coefficient (Wildman–Crippen LogP) is 1.74. The number of nitrogens with zero attached hydrogens (tertiary/aromatic N) is 1. The van der Waals surface area contributed by atoms with Crippen LogP contribution in [0.15, 0.2) is 12.2 Å². The Hall–Kier alpha value is -1.12. The van der Waals surface area contributed by atoms with Gasteiger partial charge in [-0.15, -0.1) is 0 Å². The van der Waals surface area contributed by atoms with Crippen molar-refractivity contribution in [2.75, 3.05) is 0 Å². The molecule has 13 heavy (non-hydrogen) atoms. The number of hydrogen-bond donors (Lipinski definition) is 0. The van der Waals surface area contributed by atoms with Crippen molar-refractivity contribution in [2.45, 2.75) is 40.2 Å². The molecule has 2 amide bonds. The summed E-state index contributed by atoms with van der Waals surface area (Å²) in [4.78, 5) is 23.4. The number of hydrogen-bond acceptors (Lipinski definition) is 2. The third kappa shape index (κ3) is 3.01. The van der Waals surface area contributed by atoms with Crippen LogP contribution in [0.25, 0.3) is 0 Å². The summed E-state index contributed by atoms with van der Waals surface area (Å²) in [6, 6.07) is -0.0278. The summed E-state index contributed by atoms with van der Waals surface area (Å²) in [5, 5.41) is 0. The molecule has 0 saturated carbocycles. The minimum Gasteiger partial charge on any atom is -0.276 e. The van der Waals surface area contributed by atoms with Gasteiger partial charge in [-0.2, -0.15) is 0 Å². The van der Waals surface area contributed by atoms with E-state index in [1.807, 2.05) is 27.7 Å². The molecule has 0 unspecified atom stereocenters. The first kappa shape index (κ1) is 11.9. The normalized spacial score (nSPS) is 15.9. The highest BCUT2D eigenvalue weighted by Gasteiger charge is 2.23. The minimum absolute atomic E-state index is 0.0278. The summed E-state index contributed by atoms with van der Waals surface area (Å²) in [6.07, 6.45) is 3.40. The fraction of sp³-hybridized carbons (Fsp3) is 0.600. The monoisotopic (exact) mass is 183 g/mol. The lowest BCUT2D eigenvalue weighted by Gasteiger charge is -2.25. The first-order chi connectivity index (χ1) is 6.13. The van der Waals surface area contributed by atoms with Gasteiger partial charge in [0.25, 0.3) is 5.91 Å². The molecule has 1 heterocycles. The van der Waals surface area contributed by atoms with Gasteiger partial charge in [-0.05, 0) is 13.8 Å². The van der Waals surface area contributed by atoms with Crippen LogP contribution in [0.5, 0.6) is 0 Å². The molecular formula is C10H17NO2. The van der Waals surface area contributed by atoms with E-state index in [1.54, 1.807) is 6.08 Å². The molecule has 0 N–H and O–H groups in total. The zero-order valence-corrected chi connectivity index (χ0v) is 8.70. The van der Waals surface area contributed by atoms with Crippen LogP contribution in [0.2, 0.25) is 0 Å². The number of rotatable bonds is 1. The van der Waals surface area contributed by atoms with Gasteiger partial charge >= 0.3 is 0 Å². The van der Waals surface area contributed by atoms with Gasteiger partial charge in [-0.25, -0.2) is 0 Å². The summed E-state index contributed by atoms with van der Waals surface area (Å²) < 4.78 is 0. The molecule has 1 rings (SSSR count). The Morgan fingerprint density at radius 2 is 1.85 bits per heavy atom. The summed E-state index contributed by atoms with van der Waals surface area (Å²) in [6.45, 7) is 7.66. The van der Waals surface area contributed by atoms with Crippen molar-refractivity contribution in [1.82, 2.24) is 4.90 Å². The zero-order valence-electron chi connectivity index (χ0n) is 8.70. The molecule has 0 bridgehead atoms. The molecule has 0 aromatic carbocycles. The second kappa shape index (κ2) is 5.51. The van der Waals surface area contributed by atoms with Crippen molar-refractivity contribution < 1.29 is 9.59 Å². The number of carbonyl (C=O) groups excluding carboxylic acids is 2. The van der Waals surface area contributed by atoms with Gasteiger partial charge in [0.2, 0.25) is 5.91 Å². The van der Waals surface area contributed by atoms with Crippen LogP contribution >= 0.6 is 0 Å². The molecule has 74 valence electrons. The van der Waals surface area contributed by atoms with Crippen molar-refractivity contribution >= 4 is 11.8 Å². The second-order valence-electron chi connectivity index (χ2n) is 2.80. The van der Waals surface area contributed by atoms with E-state index in [0.717, 1.165) is 0 Å². The van der Waals surface area contributed by atoms with Crippen molar-refractivity contribution in [3.63, 3.8) is 0 Å². The molecule has 1 aliphatic heterocycles. The smallest absolute Gasteiger partial charge is 0.253 e. The Morgan fingerprint density at radius 3 is 2.15 bits per heavy atom. The van der Waals surface area contributed by atoms with Crippen molar-refractivity contribution in [3.05, 3.63) is 12.2 Å². The topological polar surface area (TPSA) is 37.4 Å². The van der Waals surface area contributed by atoms with Gasteiger partial charge in [-0.1, -0.05) is 19.9 Å². The lowest BCUT2D eigenvalue weighted by molar-refractivity contribution is -0.144. The van der Waals surface area contributed by atoms with Crippen LogP contribution in [0.1, 0.15) is 34.1 Å². The van der Waals surface area contributed by atoms with Crippen LogP contribution in [0.3, 0.4) is 0 Å². The maximum atomic E-state index is 11.1. The second-order valence-corrected chi connectivity index (χ2v) is 2.80. The Kier molecular flexibility index (Phi) is 5.04. The molecule has 0 radical (unpaired) electrons. The molecule has 3 heteroatoms. The minimum atomic E-state index is -0.198. The van der Waals surface area contributed by atoms with Crippen LogP contribution in [-0.4, -0.2) is 22.8 Å². The third-order valence-corrected chi connectivity index (χ3v) is 1.58. The highest BCUT2D eigenvalue weighted by molar-refractivity contribution is 6.04. The average Bonchev–Trinajstić information content (AvgIpc) is 2.07. The summed E-state index contributed by atoms with van der Waals surface area (Å²) in [5.41, 5.74) is 0. The molecule has 0 fully saturated rings. The van der Waals surface area contributed by atoms with E-state index in [2.05, 4.69) is 0 Å². The van der Waals surface area contributed by atoms with Gasteiger partial charge in [0.05, 0.1) is 0 Å². The molecule has 0 atom stereocenters. The highest BCUT2D eigenvalue weighted by Crippen LogP contribution is 2.08. The number of carbonyl (C=O) groups is 2. The van der Waals surface area contributed by atoms with Crippen molar-refractivity contribution in [2.24, 2.45) is 0 Å². The summed E-state index contributed by atoms with van der Waals surface area (Å²) in [7, 11) is 0. The molecule has 0 aromatic rings. The van der Waals surface area contributed by atoms with E-state index in [9.17, 15) is 9.59 Å². The first-order valence-electron chi connectivity index (χ1n) is 4.65. The molecule has 0 aliphatic carbocycles. The average molecular weight is 183 g/mol. The first-order valence-corrected chi connectivity index (χ1v) is 4.65. The summed E-state index contributed by atoms with van der Waals surface area (Å²) in [5.74, 6) is -0.302. The molecule has 3 nitrogen and oxygen atoms in total. The molecule has 0 spiro atoms. The van der Waals surface area contributed by atoms with E-state index in [-0.39, 0.29) is 17.9 Å². The maximum Gasteiger partial charge on any atom is 0.253 e. The molecular weight excluding hydrogens is 166 g/mol. The van der Waals surface area contributed by atoms with Crippen LogP contribution in [0.4, 0.5) is 0 Å². The van der Waals surface area contributed by atoms with Gasteiger partial charge in [-0.3, -0.25) is 14.5 Å². The van der Waals surface area contributed by atoms with E-state index in [0.29, 0.717) is 6.42 Å². The van der Waals surface area contributed by atoms with Crippen molar-refractivity contribution in [3.8, 4) is 0 Å². The molecule has 0 aromatic heterocycles. The summed E-state index contributed by atoms with van der Waals surface area (Å²) >= 11 is 0. The van der Waals surface area contributed by atoms with Crippen LogP contribution in [0, 0.1) is 0 Å². The zero-order chi connectivity index (χ0) is 10.4. The molecule has 1 aliphatic rings. The van der Waals surface area contributed by atoms with Crippen LogP contribution < -0.4 is 0 Å². The SMILES string of the molecule is CC.CC(C)N1C(=O)C=CCC1=O. The lowest BCUT2D eigenvalue weighted by atomic mass is 10.2. The van der Waals surface area contributed by atoms with Gasteiger partial charge < -0.3 is 0 Å². The van der Waals surface area contributed by atoms with E-state index in [1.165, 1.54) is 11.0 Å². The Balaban J connectivity index is 0.000000671. The molecule has 0 saturated heterocycles. The lowest BCUT2D eigenvalue weighted by Crippen LogP contribution is -2.42. The van der Waals surface area contributed by atoms with Crippen LogP contribution in [-0.2, 0) is 9.59 Å².